The molecule has 0 saturated carbocycles. The normalized spacial score (nSPS) is 18.7. The van der Waals surface area contributed by atoms with Crippen LogP contribution in [-0.4, -0.2) is 113 Å². The number of rotatable bonds is 10. The van der Waals surface area contributed by atoms with Crippen LogP contribution in [0.4, 0.5) is 13.2 Å². The number of morpholine rings is 1. The van der Waals surface area contributed by atoms with Crippen molar-refractivity contribution in [2.45, 2.75) is 62.7 Å². The number of halogens is 3. The van der Waals surface area contributed by atoms with E-state index in [1.54, 1.807) is 4.90 Å². The van der Waals surface area contributed by atoms with Crippen LogP contribution in [0.15, 0.2) is 27.6 Å². The third-order valence-electron chi connectivity index (χ3n) is 9.17. The minimum atomic E-state index is -4.62. The van der Waals surface area contributed by atoms with Crippen LogP contribution in [-0.2, 0) is 45.2 Å². The number of thioether (sulfide) groups is 1. The fraction of sp³-hybridized carbons (Fsp3) is 0.613. The molecule has 0 aliphatic carbocycles. The lowest BCUT2D eigenvalue weighted by Gasteiger charge is -2.30. The van der Waals surface area contributed by atoms with E-state index in [0.29, 0.717) is 74.3 Å². The van der Waals surface area contributed by atoms with Gasteiger partial charge in [0.25, 0.3) is 0 Å². The van der Waals surface area contributed by atoms with Crippen molar-refractivity contribution in [3.05, 3.63) is 46.7 Å². The molecular weight excluding hydrogens is 672 g/mol. The molecule has 0 N–H and O–H groups in total. The van der Waals surface area contributed by atoms with Gasteiger partial charge >= 0.3 is 6.18 Å². The monoisotopic (exact) mass is 711 g/mol. The number of nitrogens with zero attached hydrogens (tertiary/aromatic N) is 7. The number of aromatic nitrogens is 4. The number of ether oxygens (including phenoxy) is 1. The van der Waals surface area contributed by atoms with E-state index in [1.165, 1.54) is 16.4 Å². The second-order valence-corrected chi connectivity index (χ2v) is 15.5. The predicted octanol–water partition coefficient (Wildman–Crippen LogP) is 3.80. The Kier molecular flexibility index (Phi) is 10.5. The average molecular weight is 712 g/mol. The summed E-state index contributed by atoms with van der Waals surface area (Å²) in [6.45, 7) is 7.04. The zero-order chi connectivity index (χ0) is 34.1. The maximum Gasteiger partial charge on any atom is 0.417 e. The Hall–Kier alpha value is -2.99. The van der Waals surface area contributed by atoms with E-state index in [9.17, 15) is 26.4 Å². The summed E-state index contributed by atoms with van der Waals surface area (Å²) < 4.78 is 81.2. The highest BCUT2D eigenvalue weighted by Gasteiger charge is 2.35. The van der Waals surface area contributed by atoms with Crippen molar-refractivity contribution in [3.8, 4) is 11.3 Å². The van der Waals surface area contributed by atoms with Crippen LogP contribution in [0.1, 0.15) is 53.7 Å². The van der Waals surface area contributed by atoms with Crippen molar-refractivity contribution in [3.63, 3.8) is 0 Å². The highest BCUT2D eigenvalue weighted by molar-refractivity contribution is 8.00. The first kappa shape index (κ1) is 34.9. The third-order valence-corrected chi connectivity index (χ3v) is 11.5. The number of benzene rings is 1. The Labute approximate surface area is 282 Å². The van der Waals surface area contributed by atoms with E-state index < -0.39 is 21.8 Å². The van der Waals surface area contributed by atoms with Gasteiger partial charge in [0.1, 0.15) is 0 Å². The summed E-state index contributed by atoms with van der Waals surface area (Å²) in [5.41, 5.74) is 1.68. The van der Waals surface area contributed by atoms with Crippen LogP contribution >= 0.6 is 11.8 Å². The van der Waals surface area contributed by atoms with Gasteiger partial charge in [-0.15, -0.1) is 11.8 Å². The van der Waals surface area contributed by atoms with Crippen LogP contribution in [0.3, 0.4) is 0 Å². The van der Waals surface area contributed by atoms with E-state index in [4.69, 9.17) is 14.4 Å². The first-order chi connectivity index (χ1) is 22.9. The molecule has 1 amide bonds. The van der Waals surface area contributed by atoms with Gasteiger partial charge < -0.3 is 19.1 Å². The van der Waals surface area contributed by atoms with E-state index in [1.807, 2.05) is 11.6 Å². The SMILES string of the molecule is Cc1noc(C2CCN(CCCn3nc(-c4ccc(C(F)(F)F)c(SCC(=O)N5CCOCC5)c4)c4c3CCN(S(C)(=O)=O)C4)CC2)n1. The van der Waals surface area contributed by atoms with Gasteiger partial charge in [-0.2, -0.15) is 27.6 Å². The molecule has 6 rings (SSSR count). The molecule has 0 spiro atoms. The number of alkyl halides is 3. The van der Waals surface area contributed by atoms with Crippen LogP contribution in [0.25, 0.3) is 11.3 Å². The number of carbonyl (C=O) groups is 1. The van der Waals surface area contributed by atoms with Crippen molar-refractivity contribution < 1.29 is 35.6 Å². The number of fused-ring (bicyclic) bond motifs is 1. The van der Waals surface area contributed by atoms with Gasteiger partial charge in [0.15, 0.2) is 5.82 Å². The largest absolute Gasteiger partial charge is 0.417 e. The number of piperidine rings is 1. The summed E-state index contributed by atoms with van der Waals surface area (Å²) in [4.78, 5) is 21.1. The fourth-order valence-electron chi connectivity index (χ4n) is 6.56. The zero-order valence-corrected chi connectivity index (χ0v) is 28.7. The van der Waals surface area contributed by atoms with Gasteiger partial charge in [0.2, 0.25) is 21.8 Å². The lowest BCUT2D eigenvalue weighted by atomic mass is 9.96. The van der Waals surface area contributed by atoms with Gasteiger partial charge in [-0.1, -0.05) is 11.2 Å². The van der Waals surface area contributed by atoms with Gasteiger partial charge in [-0.05, 0) is 58.0 Å². The number of sulfonamides is 1. The molecule has 48 heavy (non-hydrogen) atoms. The maximum atomic E-state index is 14.1. The summed E-state index contributed by atoms with van der Waals surface area (Å²) in [5, 5.41) is 8.79. The van der Waals surface area contributed by atoms with Gasteiger partial charge in [-0.3, -0.25) is 9.48 Å². The molecule has 3 aliphatic heterocycles. The van der Waals surface area contributed by atoms with Gasteiger partial charge in [0.05, 0.1) is 36.5 Å². The molecule has 3 aliphatic rings. The van der Waals surface area contributed by atoms with Crippen LogP contribution < -0.4 is 0 Å². The first-order valence-electron chi connectivity index (χ1n) is 16.1. The average Bonchev–Trinajstić information content (AvgIpc) is 3.66. The smallest absolute Gasteiger partial charge is 0.378 e. The standard InChI is InChI=1S/C31H40F3N7O5S2/c1-21-35-30(46-37-21)22-6-11-38(12-7-22)9-3-10-41-26-8-13-40(48(2,43)44)19-24(26)29(36-41)23-4-5-25(31(32,33)34)27(18-23)47-20-28(42)39-14-16-45-17-15-39/h4-5,18,22H,3,6-17,19-20H2,1-2H3. The highest BCUT2D eigenvalue weighted by atomic mass is 32.2. The van der Waals surface area contributed by atoms with E-state index in [2.05, 4.69) is 15.0 Å². The molecule has 0 unspecified atom stereocenters. The number of likely N-dealkylation sites (tertiary alicyclic amines) is 1. The molecule has 0 bridgehead atoms. The molecule has 262 valence electrons. The Morgan fingerprint density at radius 3 is 2.50 bits per heavy atom. The molecule has 0 atom stereocenters. The Morgan fingerprint density at radius 2 is 1.83 bits per heavy atom. The Morgan fingerprint density at radius 1 is 1.08 bits per heavy atom. The molecule has 12 nitrogen and oxygen atoms in total. The Balaban J connectivity index is 1.20. The molecular formula is C31H40F3N7O5S2. The number of aryl methyl sites for hydroxylation is 2. The van der Waals surface area contributed by atoms with E-state index >= 15 is 0 Å². The van der Waals surface area contributed by atoms with Crippen molar-refractivity contribution in [1.82, 2.24) is 34.0 Å². The molecule has 5 heterocycles. The van der Waals surface area contributed by atoms with Crippen LogP contribution in [0.2, 0.25) is 0 Å². The second-order valence-electron chi connectivity index (χ2n) is 12.5. The van der Waals surface area contributed by atoms with Crippen molar-refractivity contribution in [1.29, 1.82) is 0 Å². The molecule has 2 fully saturated rings. The molecule has 2 aromatic heterocycles. The van der Waals surface area contributed by atoms with Gasteiger partial charge in [-0.25, -0.2) is 8.42 Å². The summed E-state index contributed by atoms with van der Waals surface area (Å²) in [6, 6.07) is 3.85. The van der Waals surface area contributed by atoms with Gasteiger partial charge in [0, 0.05) is 66.8 Å². The van der Waals surface area contributed by atoms with E-state index in [-0.39, 0.29) is 29.0 Å². The maximum absolute atomic E-state index is 14.1. The lowest BCUT2D eigenvalue weighted by molar-refractivity contribution is -0.139. The van der Waals surface area contributed by atoms with Crippen LogP contribution in [0.5, 0.6) is 0 Å². The summed E-state index contributed by atoms with van der Waals surface area (Å²) in [6.07, 6.45) is -0.365. The summed E-state index contributed by atoms with van der Waals surface area (Å²) in [5.74, 6) is 1.19. The van der Waals surface area contributed by atoms with Crippen molar-refractivity contribution in [2.24, 2.45) is 0 Å². The van der Waals surface area contributed by atoms with Crippen LogP contribution in [0, 0.1) is 6.92 Å². The molecule has 2 saturated heterocycles. The fourth-order valence-corrected chi connectivity index (χ4v) is 8.36. The Bertz CT molecular complexity index is 1710. The molecule has 3 aromatic rings. The third kappa shape index (κ3) is 8.07. The highest BCUT2D eigenvalue weighted by Crippen LogP contribution is 2.40. The topological polar surface area (TPSA) is 127 Å². The van der Waals surface area contributed by atoms with Crippen molar-refractivity contribution >= 4 is 27.7 Å². The number of hydrogen-bond donors (Lipinski definition) is 0. The first-order valence-corrected chi connectivity index (χ1v) is 19.0. The summed E-state index contributed by atoms with van der Waals surface area (Å²) >= 11 is 0.851. The number of carbonyl (C=O) groups excluding carboxylic acids is 1. The van der Waals surface area contributed by atoms with E-state index in [0.717, 1.165) is 68.7 Å². The molecule has 17 heteroatoms. The number of amides is 1. The molecule has 0 radical (unpaired) electrons. The van der Waals surface area contributed by atoms with Crippen molar-refractivity contribution in [2.75, 3.05) is 64.5 Å². The lowest BCUT2D eigenvalue weighted by Crippen LogP contribution is -2.41. The summed E-state index contributed by atoms with van der Waals surface area (Å²) in [7, 11) is -3.51. The quantitative estimate of drug-likeness (QED) is 0.287. The number of hydrogen-bond acceptors (Lipinski definition) is 10. The minimum absolute atomic E-state index is 0.0696. The minimum Gasteiger partial charge on any atom is -0.378 e. The predicted molar refractivity (Wildman–Crippen MR) is 172 cm³/mol. The second kappa shape index (κ2) is 14.5. The zero-order valence-electron chi connectivity index (χ0n) is 27.0. The molecule has 1 aromatic carbocycles.